The zero-order valence-electron chi connectivity index (χ0n) is 37.6. The Kier molecular flexibility index (Phi) is 31.6. The number of esters is 2. The normalized spacial score (nSPS) is 26.9. The predicted octanol–water partition coefficient (Wildman–Crippen LogP) is 5.36. The molecule has 360 valence electrons. The van der Waals surface area contributed by atoms with Crippen molar-refractivity contribution in [3.63, 3.8) is 0 Å². The van der Waals surface area contributed by atoms with Crippen LogP contribution in [0.1, 0.15) is 162 Å². The molecule has 0 radical (unpaired) electrons. The van der Waals surface area contributed by atoms with E-state index in [9.17, 15) is 45.3 Å². The average molecular weight is 887 g/mol. The third-order valence-corrected chi connectivity index (χ3v) is 11.2. The van der Waals surface area contributed by atoms with Crippen LogP contribution in [-0.4, -0.2) is 142 Å². The van der Waals surface area contributed by atoms with Crippen LogP contribution in [0.5, 0.6) is 0 Å². The molecule has 0 saturated carbocycles. The number of aliphatic hydroxyl groups is 7. The van der Waals surface area contributed by atoms with Crippen LogP contribution in [0.4, 0.5) is 0 Å². The van der Waals surface area contributed by atoms with E-state index >= 15 is 0 Å². The Balaban J connectivity index is 1.85. The summed E-state index contributed by atoms with van der Waals surface area (Å²) in [7, 11) is 0. The quantitative estimate of drug-likeness (QED) is 0.0184. The Morgan fingerprint density at radius 3 is 1.63 bits per heavy atom. The monoisotopic (exact) mass is 887 g/mol. The molecule has 0 spiro atoms. The van der Waals surface area contributed by atoms with Gasteiger partial charge in [-0.05, 0) is 69.9 Å². The van der Waals surface area contributed by atoms with Gasteiger partial charge in [-0.2, -0.15) is 0 Å². The van der Waals surface area contributed by atoms with E-state index in [1.54, 1.807) is 0 Å². The summed E-state index contributed by atoms with van der Waals surface area (Å²) in [5.74, 6) is -0.959. The molecule has 2 saturated heterocycles. The third kappa shape index (κ3) is 23.6. The van der Waals surface area contributed by atoms with Crippen LogP contribution in [0.15, 0.2) is 30.0 Å². The maximum Gasteiger partial charge on any atom is 0.306 e. The molecule has 0 aromatic carbocycles. The molecule has 0 aliphatic carbocycles. The van der Waals surface area contributed by atoms with Crippen molar-refractivity contribution in [3.05, 3.63) is 30.0 Å². The Morgan fingerprint density at radius 2 is 1.03 bits per heavy atom. The first-order chi connectivity index (χ1) is 30.0. The van der Waals surface area contributed by atoms with Crippen LogP contribution in [0.3, 0.4) is 0 Å². The number of hydrogen-bond donors (Lipinski definition) is 7. The minimum absolute atomic E-state index is 0.150. The summed E-state index contributed by atoms with van der Waals surface area (Å²) in [5, 5.41) is 71.9. The van der Waals surface area contributed by atoms with Gasteiger partial charge in [0.25, 0.3) is 0 Å². The van der Waals surface area contributed by atoms with Gasteiger partial charge in [0.1, 0.15) is 55.4 Å². The number of rotatable bonds is 35. The molecule has 0 amide bonds. The van der Waals surface area contributed by atoms with Crippen molar-refractivity contribution in [2.24, 2.45) is 0 Å². The highest BCUT2D eigenvalue weighted by Gasteiger charge is 2.47. The molecule has 0 bridgehead atoms. The van der Waals surface area contributed by atoms with Gasteiger partial charge in [-0.15, -0.1) is 5.73 Å². The standard InChI is InChI=1S/C47H82O15/c1-3-5-7-9-11-13-15-16-17-18-20-21-23-25-27-29-38(49)57-32-35(60-39(50)30-28-26-24-22-19-14-12-10-8-6-4-2)33-58-46-45(56)43(54)41(52)37(62-46)34-59-47-44(55)42(53)40(51)36(31-48)61-47/h10,12,15,17,35-37,40-48,51-56H,3-9,11,13-14,18-34H2,1-2H3/b12-10+/t16?,35-,36-,37-,40+,41+,42?,43?,44?,45?,46-,47-/m1/s1. The van der Waals surface area contributed by atoms with Crippen molar-refractivity contribution in [1.82, 2.24) is 0 Å². The molecule has 11 atom stereocenters. The van der Waals surface area contributed by atoms with Crippen LogP contribution in [0.25, 0.3) is 0 Å². The minimum Gasteiger partial charge on any atom is -0.462 e. The summed E-state index contributed by atoms with van der Waals surface area (Å²) >= 11 is 0. The van der Waals surface area contributed by atoms with Crippen molar-refractivity contribution in [2.45, 2.75) is 229 Å². The molecule has 0 aromatic rings. The van der Waals surface area contributed by atoms with E-state index in [-0.39, 0.29) is 19.4 Å². The van der Waals surface area contributed by atoms with Crippen LogP contribution in [0, 0.1) is 0 Å². The van der Waals surface area contributed by atoms with Crippen LogP contribution in [0.2, 0.25) is 0 Å². The van der Waals surface area contributed by atoms with E-state index in [2.05, 4.69) is 43.9 Å². The molecule has 7 N–H and O–H groups in total. The highest BCUT2D eigenvalue weighted by molar-refractivity contribution is 5.70. The number of carbonyl (C=O) groups is 2. The van der Waals surface area contributed by atoms with Crippen molar-refractivity contribution < 1.29 is 73.8 Å². The zero-order chi connectivity index (χ0) is 45.4. The predicted molar refractivity (Wildman–Crippen MR) is 233 cm³/mol. The first kappa shape index (κ1) is 55.9. The molecule has 2 heterocycles. The Labute approximate surface area is 370 Å². The number of hydrogen-bond acceptors (Lipinski definition) is 15. The van der Waals surface area contributed by atoms with Gasteiger partial charge in [0.05, 0.1) is 19.8 Å². The lowest BCUT2D eigenvalue weighted by molar-refractivity contribution is -0.332. The van der Waals surface area contributed by atoms with Crippen LogP contribution < -0.4 is 0 Å². The third-order valence-electron chi connectivity index (χ3n) is 11.2. The Hall–Kier alpha value is -2.24. The highest BCUT2D eigenvalue weighted by Crippen LogP contribution is 2.26. The Morgan fingerprint density at radius 1 is 0.548 bits per heavy atom. The number of allylic oxidation sites excluding steroid dienone is 3. The highest BCUT2D eigenvalue weighted by atomic mass is 16.7. The van der Waals surface area contributed by atoms with Crippen LogP contribution >= 0.6 is 0 Å². The van der Waals surface area contributed by atoms with Crippen molar-refractivity contribution in [1.29, 1.82) is 0 Å². The van der Waals surface area contributed by atoms with Crippen molar-refractivity contribution in [2.75, 3.05) is 26.4 Å². The second kappa shape index (κ2) is 35.1. The average Bonchev–Trinajstić information content (AvgIpc) is 3.26. The molecular weight excluding hydrogens is 805 g/mol. The molecule has 2 aliphatic heterocycles. The van der Waals surface area contributed by atoms with E-state index in [1.807, 2.05) is 0 Å². The van der Waals surface area contributed by atoms with E-state index in [4.69, 9.17) is 28.4 Å². The fourth-order valence-corrected chi connectivity index (χ4v) is 7.17. The summed E-state index contributed by atoms with van der Waals surface area (Å²) in [6.45, 7) is 2.48. The fourth-order valence-electron chi connectivity index (χ4n) is 7.17. The SMILES string of the molecule is CCCC/C=C/CCCCCCCC(=O)O[C@H](COC(=O)CCCCCCCC=C=CCCCCCCC)CO[C@@H]1O[C@H](CO[C@@H]2O[C@H](CO)[C@H](O)C(O)C2O)[C@H](O)C(O)C1O. The summed E-state index contributed by atoms with van der Waals surface area (Å²) in [6, 6.07) is 0. The first-order valence-corrected chi connectivity index (χ1v) is 23.7. The number of carbonyl (C=O) groups excluding carboxylic acids is 2. The smallest absolute Gasteiger partial charge is 0.306 e. The van der Waals surface area contributed by atoms with Gasteiger partial charge in [0.2, 0.25) is 0 Å². The zero-order valence-corrected chi connectivity index (χ0v) is 37.6. The van der Waals surface area contributed by atoms with Gasteiger partial charge in [-0.1, -0.05) is 103 Å². The lowest BCUT2D eigenvalue weighted by Gasteiger charge is -2.42. The van der Waals surface area contributed by atoms with E-state index in [0.29, 0.717) is 12.8 Å². The van der Waals surface area contributed by atoms with Crippen LogP contribution in [-0.2, 0) is 38.0 Å². The van der Waals surface area contributed by atoms with Gasteiger partial charge in [-0.25, -0.2) is 0 Å². The lowest BCUT2D eigenvalue weighted by Crippen LogP contribution is -2.61. The minimum atomic E-state index is -1.77. The van der Waals surface area contributed by atoms with E-state index in [0.717, 1.165) is 77.0 Å². The number of unbranched alkanes of at least 4 members (excludes halogenated alkanes) is 17. The van der Waals surface area contributed by atoms with Gasteiger partial charge in [0, 0.05) is 12.8 Å². The van der Waals surface area contributed by atoms with Gasteiger partial charge < -0.3 is 64.2 Å². The molecule has 2 fully saturated rings. The summed E-state index contributed by atoms with van der Waals surface area (Å²) in [4.78, 5) is 25.6. The largest absolute Gasteiger partial charge is 0.462 e. The van der Waals surface area contributed by atoms with E-state index < -0.39 is 99.3 Å². The Bertz CT molecular complexity index is 1240. The van der Waals surface area contributed by atoms with Gasteiger partial charge >= 0.3 is 11.9 Å². The van der Waals surface area contributed by atoms with Crippen molar-refractivity contribution >= 4 is 11.9 Å². The van der Waals surface area contributed by atoms with Crippen molar-refractivity contribution in [3.8, 4) is 0 Å². The summed E-state index contributed by atoms with van der Waals surface area (Å²) in [5.41, 5.74) is 3.28. The fraction of sp³-hybridized carbons (Fsp3) is 0.851. The second-order valence-corrected chi connectivity index (χ2v) is 16.7. The molecule has 15 heteroatoms. The second-order valence-electron chi connectivity index (χ2n) is 16.7. The molecule has 0 aromatic heterocycles. The van der Waals surface area contributed by atoms with E-state index in [1.165, 1.54) is 44.9 Å². The molecular formula is C47H82O15. The maximum atomic E-state index is 12.9. The topological polar surface area (TPSA) is 231 Å². The summed E-state index contributed by atoms with van der Waals surface area (Å²) in [6.07, 6.45) is 14.3. The molecule has 2 aliphatic rings. The lowest BCUT2D eigenvalue weighted by atomic mass is 9.98. The first-order valence-electron chi connectivity index (χ1n) is 23.7. The number of aliphatic hydroxyl groups excluding tert-OH is 7. The molecule has 4 unspecified atom stereocenters. The molecule has 62 heavy (non-hydrogen) atoms. The molecule has 15 nitrogen and oxygen atoms in total. The van der Waals surface area contributed by atoms with Gasteiger partial charge in [0.15, 0.2) is 18.7 Å². The maximum absolute atomic E-state index is 12.9. The molecule has 2 rings (SSSR count). The summed E-state index contributed by atoms with van der Waals surface area (Å²) < 4.78 is 33.4. The number of ether oxygens (including phenoxy) is 6. The van der Waals surface area contributed by atoms with Gasteiger partial charge in [-0.3, -0.25) is 9.59 Å².